The molecule has 1 aromatic heterocycles. The molecule has 16 heavy (non-hydrogen) atoms. The highest BCUT2D eigenvalue weighted by molar-refractivity contribution is 6.34. The van der Waals surface area contributed by atoms with Gasteiger partial charge in [0.15, 0.2) is 0 Å². The normalized spacial score (nSPS) is 18.1. The topological polar surface area (TPSA) is 39.9 Å². The molecule has 3 rings (SSSR count). The van der Waals surface area contributed by atoms with E-state index in [1.807, 2.05) is 22.9 Å². The number of halogens is 1. The molecule has 1 fully saturated rings. The summed E-state index contributed by atoms with van der Waals surface area (Å²) < 4.78 is 7.29. The second-order valence-corrected chi connectivity index (χ2v) is 4.39. The second-order valence-electron chi connectivity index (χ2n) is 3.99. The van der Waals surface area contributed by atoms with E-state index >= 15 is 0 Å². The Morgan fingerprint density at radius 1 is 1.31 bits per heavy atom. The average molecular weight is 238 g/mol. The summed E-state index contributed by atoms with van der Waals surface area (Å²) in [5.41, 5.74) is 1.80. The van der Waals surface area contributed by atoms with Crippen LogP contribution < -0.4 is 0 Å². The highest BCUT2D eigenvalue weighted by Crippen LogP contribution is 2.28. The van der Waals surface area contributed by atoms with E-state index in [1.165, 1.54) is 0 Å². The first-order valence-electron chi connectivity index (χ1n) is 5.43. The van der Waals surface area contributed by atoms with Crippen molar-refractivity contribution < 1.29 is 4.74 Å². The number of para-hydroxylation sites is 1. The standard InChI is InChI=1S/C11H12ClN3O/c12-9-2-1-3-10-11(9)15(14-13-10)8-4-6-16-7-5-8/h1-3,8H,4-7H2. The summed E-state index contributed by atoms with van der Waals surface area (Å²) >= 11 is 6.19. The van der Waals surface area contributed by atoms with Crippen LogP contribution in [-0.2, 0) is 4.74 Å². The van der Waals surface area contributed by atoms with Crippen LogP contribution in [0.2, 0.25) is 5.02 Å². The molecule has 84 valence electrons. The summed E-state index contributed by atoms with van der Waals surface area (Å²) in [5.74, 6) is 0. The molecule has 4 nitrogen and oxygen atoms in total. The van der Waals surface area contributed by atoms with Crippen molar-refractivity contribution in [3.05, 3.63) is 23.2 Å². The van der Waals surface area contributed by atoms with E-state index < -0.39 is 0 Å². The van der Waals surface area contributed by atoms with Crippen LogP contribution in [0.1, 0.15) is 18.9 Å². The number of hydrogen-bond acceptors (Lipinski definition) is 3. The molecule has 2 aromatic rings. The van der Waals surface area contributed by atoms with Gasteiger partial charge in [-0.3, -0.25) is 0 Å². The maximum Gasteiger partial charge on any atom is 0.114 e. The summed E-state index contributed by atoms with van der Waals surface area (Å²) in [4.78, 5) is 0. The first-order chi connectivity index (χ1) is 7.86. The lowest BCUT2D eigenvalue weighted by atomic mass is 10.1. The van der Waals surface area contributed by atoms with Gasteiger partial charge in [-0.25, -0.2) is 4.68 Å². The molecule has 0 bridgehead atoms. The molecular weight excluding hydrogens is 226 g/mol. The minimum Gasteiger partial charge on any atom is -0.381 e. The molecule has 0 aliphatic carbocycles. The van der Waals surface area contributed by atoms with Crippen molar-refractivity contribution in [2.24, 2.45) is 0 Å². The van der Waals surface area contributed by atoms with Crippen molar-refractivity contribution >= 4 is 22.6 Å². The van der Waals surface area contributed by atoms with E-state index in [4.69, 9.17) is 16.3 Å². The van der Waals surface area contributed by atoms with Gasteiger partial charge in [-0.15, -0.1) is 5.10 Å². The molecule has 0 atom stereocenters. The summed E-state index contributed by atoms with van der Waals surface area (Å²) in [6, 6.07) is 6.07. The van der Waals surface area contributed by atoms with Crippen LogP contribution in [0.25, 0.3) is 11.0 Å². The third-order valence-corrected chi connectivity index (χ3v) is 3.29. The van der Waals surface area contributed by atoms with Gasteiger partial charge >= 0.3 is 0 Å². The predicted octanol–water partition coefficient (Wildman–Crippen LogP) is 2.44. The predicted molar refractivity (Wildman–Crippen MR) is 61.6 cm³/mol. The number of hydrogen-bond donors (Lipinski definition) is 0. The number of nitrogens with zero attached hydrogens (tertiary/aromatic N) is 3. The molecule has 0 saturated carbocycles. The Morgan fingerprint density at radius 2 is 2.12 bits per heavy atom. The Kier molecular flexibility index (Phi) is 2.53. The van der Waals surface area contributed by atoms with Gasteiger partial charge < -0.3 is 4.74 Å². The third-order valence-electron chi connectivity index (χ3n) is 2.98. The zero-order chi connectivity index (χ0) is 11.0. The van der Waals surface area contributed by atoms with E-state index in [2.05, 4.69) is 10.3 Å². The zero-order valence-corrected chi connectivity index (χ0v) is 9.52. The summed E-state index contributed by atoms with van der Waals surface area (Å²) in [6.45, 7) is 1.58. The fourth-order valence-corrected chi connectivity index (χ4v) is 2.39. The van der Waals surface area contributed by atoms with Crippen molar-refractivity contribution in [1.82, 2.24) is 15.0 Å². The van der Waals surface area contributed by atoms with Gasteiger partial charge in [-0.2, -0.15) is 0 Å². The lowest BCUT2D eigenvalue weighted by molar-refractivity contribution is 0.0669. The zero-order valence-electron chi connectivity index (χ0n) is 8.77. The van der Waals surface area contributed by atoms with E-state index in [1.54, 1.807) is 0 Å². The maximum absolute atomic E-state index is 6.19. The molecule has 5 heteroatoms. The van der Waals surface area contributed by atoms with E-state index in [0.29, 0.717) is 11.1 Å². The Morgan fingerprint density at radius 3 is 2.94 bits per heavy atom. The summed E-state index contributed by atoms with van der Waals surface area (Å²) in [7, 11) is 0. The number of aromatic nitrogens is 3. The lowest BCUT2D eigenvalue weighted by Gasteiger charge is -2.22. The number of rotatable bonds is 1. The SMILES string of the molecule is Clc1cccc2nnn(C3CCOCC3)c12. The minimum absolute atomic E-state index is 0.360. The van der Waals surface area contributed by atoms with Crippen LogP contribution in [0.3, 0.4) is 0 Å². The van der Waals surface area contributed by atoms with Crippen molar-refractivity contribution in [2.75, 3.05) is 13.2 Å². The minimum atomic E-state index is 0.360. The van der Waals surface area contributed by atoms with Crippen LogP contribution >= 0.6 is 11.6 Å². The highest BCUT2D eigenvalue weighted by Gasteiger charge is 2.20. The van der Waals surface area contributed by atoms with Crippen LogP contribution in [0.15, 0.2) is 18.2 Å². The average Bonchev–Trinajstić information content (AvgIpc) is 2.75. The van der Waals surface area contributed by atoms with Crippen LogP contribution in [0, 0.1) is 0 Å². The molecule has 2 heterocycles. The summed E-state index contributed by atoms with van der Waals surface area (Å²) in [5, 5.41) is 9.07. The highest BCUT2D eigenvalue weighted by atomic mass is 35.5. The fourth-order valence-electron chi connectivity index (χ4n) is 2.14. The van der Waals surface area contributed by atoms with E-state index in [9.17, 15) is 0 Å². The van der Waals surface area contributed by atoms with Gasteiger partial charge in [0.25, 0.3) is 0 Å². The Labute approximate surface area is 98.1 Å². The maximum atomic E-state index is 6.19. The van der Waals surface area contributed by atoms with Gasteiger partial charge in [-0.1, -0.05) is 22.9 Å². The van der Waals surface area contributed by atoms with Crippen molar-refractivity contribution in [3.8, 4) is 0 Å². The molecule has 1 aromatic carbocycles. The van der Waals surface area contributed by atoms with Crippen molar-refractivity contribution in [2.45, 2.75) is 18.9 Å². The van der Waals surface area contributed by atoms with E-state index in [0.717, 1.165) is 37.1 Å². The smallest absolute Gasteiger partial charge is 0.114 e. The molecular formula is C11H12ClN3O. The first-order valence-corrected chi connectivity index (χ1v) is 5.81. The molecule has 1 aliphatic heterocycles. The number of benzene rings is 1. The van der Waals surface area contributed by atoms with Crippen LogP contribution in [-0.4, -0.2) is 28.2 Å². The monoisotopic (exact) mass is 237 g/mol. The van der Waals surface area contributed by atoms with Crippen LogP contribution in [0.4, 0.5) is 0 Å². The molecule has 0 amide bonds. The summed E-state index contributed by atoms with van der Waals surface area (Å²) in [6.07, 6.45) is 1.95. The third kappa shape index (κ3) is 1.58. The quantitative estimate of drug-likeness (QED) is 0.765. The Balaban J connectivity index is 2.09. The molecule has 0 N–H and O–H groups in total. The molecule has 1 aliphatic rings. The molecule has 0 spiro atoms. The van der Waals surface area contributed by atoms with Gasteiger partial charge in [0.2, 0.25) is 0 Å². The van der Waals surface area contributed by atoms with Gasteiger partial charge in [-0.05, 0) is 25.0 Å². The fraction of sp³-hybridized carbons (Fsp3) is 0.455. The second kappa shape index (κ2) is 4.03. The molecule has 0 unspecified atom stereocenters. The molecule has 0 radical (unpaired) electrons. The first kappa shape index (κ1) is 10.1. The largest absolute Gasteiger partial charge is 0.381 e. The van der Waals surface area contributed by atoms with Crippen LogP contribution in [0.5, 0.6) is 0 Å². The van der Waals surface area contributed by atoms with Gasteiger partial charge in [0.1, 0.15) is 11.0 Å². The number of ether oxygens (including phenoxy) is 1. The Hall–Kier alpha value is -1.13. The van der Waals surface area contributed by atoms with Crippen molar-refractivity contribution in [1.29, 1.82) is 0 Å². The van der Waals surface area contributed by atoms with Gasteiger partial charge in [0.05, 0.1) is 11.1 Å². The lowest BCUT2D eigenvalue weighted by Crippen LogP contribution is -2.20. The molecule has 1 saturated heterocycles. The van der Waals surface area contributed by atoms with E-state index in [-0.39, 0.29) is 0 Å². The van der Waals surface area contributed by atoms with Crippen molar-refractivity contribution in [3.63, 3.8) is 0 Å². The van der Waals surface area contributed by atoms with Gasteiger partial charge in [0, 0.05) is 13.2 Å². The number of fused-ring (bicyclic) bond motifs is 1. The Bertz CT molecular complexity index is 505.